The molecule has 1 amide bonds. The van der Waals surface area contributed by atoms with E-state index in [0.29, 0.717) is 38.0 Å². The molecule has 9 heteroatoms. The van der Waals surface area contributed by atoms with Crippen LogP contribution in [0.25, 0.3) is 0 Å². The third-order valence-corrected chi connectivity index (χ3v) is 7.46. The van der Waals surface area contributed by atoms with E-state index in [4.69, 9.17) is 15.2 Å². The lowest BCUT2D eigenvalue weighted by atomic mass is 9.94. The number of nitrogens with zero attached hydrogens (tertiary/aromatic N) is 3. The first kappa shape index (κ1) is 28.3. The lowest BCUT2D eigenvalue weighted by Crippen LogP contribution is -2.42. The Hall–Kier alpha value is -2.29. The quantitative estimate of drug-likeness (QED) is 0.340. The second-order valence-corrected chi connectivity index (χ2v) is 10.1. The van der Waals surface area contributed by atoms with Crippen LogP contribution in [0.4, 0.5) is 5.69 Å². The summed E-state index contributed by atoms with van der Waals surface area (Å²) >= 11 is 0. The van der Waals surface area contributed by atoms with Crippen LogP contribution >= 0.6 is 17.0 Å². The van der Waals surface area contributed by atoms with Crippen LogP contribution in [0.2, 0.25) is 0 Å². The Kier molecular flexibility index (Phi) is 10.9. The van der Waals surface area contributed by atoms with Crippen molar-refractivity contribution in [1.82, 2.24) is 9.80 Å². The minimum Gasteiger partial charge on any atom is -0.494 e. The minimum atomic E-state index is -0.256. The molecular formula is C27H41BrN4O4. The van der Waals surface area contributed by atoms with Crippen molar-refractivity contribution in [2.45, 2.75) is 95.7 Å². The molecular weight excluding hydrogens is 524 g/mol. The zero-order valence-corrected chi connectivity index (χ0v) is 23.2. The SMILES string of the molecule is Br.CN(C(=O)CCCOc1ccc2c(c1)CN(CC(=O)OC1CCCCC1)C(N)=N2)C1CCCCC1. The summed E-state index contributed by atoms with van der Waals surface area (Å²) in [5, 5.41) is 0. The summed E-state index contributed by atoms with van der Waals surface area (Å²) in [5.41, 5.74) is 7.86. The fourth-order valence-electron chi connectivity index (χ4n) is 5.33. The number of fused-ring (bicyclic) bond motifs is 1. The van der Waals surface area contributed by atoms with Crippen LogP contribution in [0.5, 0.6) is 5.75 Å². The molecule has 36 heavy (non-hydrogen) atoms. The van der Waals surface area contributed by atoms with E-state index in [-0.39, 0.29) is 41.5 Å². The second kappa shape index (κ2) is 13.9. The number of rotatable bonds is 9. The molecule has 0 aromatic heterocycles. The van der Waals surface area contributed by atoms with Crippen molar-refractivity contribution in [2.24, 2.45) is 10.7 Å². The van der Waals surface area contributed by atoms with Gasteiger partial charge in [-0.05, 0) is 63.1 Å². The molecule has 200 valence electrons. The van der Waals surface area contributed by atoms with Crippen molar-refractivity contribution in [2.75, 3.05) is 20.2 Å². The number of carbonyl (C=O) groups excluding carboxylic acids is 2. The first-order valence-electron chi connectivity index (χ1n) is 13.3. The van der Waals surface area contributed by atoms with Gasteiger partial charge in [0.05, 0.1) is 12.3 Å². The second-order valence-electron chi connectivity index (χ2n) is 10.1. The number of nitrogens with two attached hydrogens (primary N) is 1. The lowest BCUT2D eigenvalue weighted by Gasteiger charge is -2.31. The van der Waals surface area contributed by atoms with E-state index in [9.17, 15) is 9.59 Å². The van der Waals surface area contributed by atoms with Gasteiger partial charge in [-0.25, -0.2) is 4.99 Å². The molecule has 1 heterocycles. The largest absolute Gasteiger partial charge is 0.494 e. The predicted molar refractivity (Wildman–Crippen MR) is 146 cm³/mol. The summed E-state index contributed by atoms with van der Waals surface area (Å²) in [6.45, 7) is 1.05. The molecule has 3 aliphatic rings. The Morgan fingerprint density at radius 2 is 1.78 bits per heavy atom. The molecule has 1 aromatic carbocycles. The van der Waals surface area contributed by atoms with E-state index in [1.54, 1.807) is 4.90 Å². The topological polar surface area (TPSA) is 97.5 Å². The molecule has 4 rings (SSSR count). The van der Waals surface area contributed by atoms with Crippen molar-refractivity contribution in [3.63, 3.8) is 0 Å². The number of amides is 1. The average Bonchev–Trinajstić information content (AvgIpc) is 2.87. The van der Waals surface area contributed by atoms with Crippen LogP contribution in [-0.2, 0) is 20.9 Å². The van der Waals surface area contributed by atoms with Gasteiger partial charge in [0.2, 0.25) is 5.91 Å². The molecule has 0 atom stereocenters. The Bertz CT molecular complexity index is 913. The van der Waals surface area contributed by atoms with Crippen LogP contribution in [0.1, 0.15) is 82.6 Å². The number of benzene rings is 1. The highest BCUT2D eigenvalue weighted by Gasteiger charge is 2.24. The molecule has 8 nitrogen and oxygen atoms in total. The van der Waals surface area contributed by atoms with Crippen LogP contribution in [-0.4, -0.2) is 60.0 Å². The maximum absolute atomic E-state index is 12.5. The molecule has 2 fully saturated rings. The van der Waals surface area contributed by atoms with Gasteiger partial charge in [-0.15, -0.1) is 17.0 Å². The summed E-state index contributed by atoms with van der Waals surface area (Å²) in [5.74, 6) is 1.00. The van der Waals surface area contributed by atoms with Gasteiger partial charge in [0.15, 0.2) is 5.96 Å². The van der Waals surface area contributed by atoms with Gasteiger partial charge in [0, 0.05) is 31.6 Å². The summed E-state index contributed by atoms with van der Waals surface area (Å²) < 4.78 is 11.6. The number of hydrogen-bond acceptors (Lipinski definition) is 7. The predicted octanol–water partition coefficient (Wildman–Crippen LogP) is 4.85. The van der Waals surface area contributed by atoms with Crippen molar-refractivity contribution in [1.29, 1.82) is 0 Å². The number of hydrogen-bond donors (Lipinski definition) is 1. The van der Waals surface area contributed by atoms with Gasteiger partial charge < -0.3 is 25.0 Å². The standard InChI is InChI=1S/C27H40N4O4.BrH/c1-30(21-9-4-2-5-10-21)25(32)13-8-16-34-23-14-15-24-20(17-23)18-31(27(28)29-24)19-26(33)35-22-11-6-3-7-12-22;/h14-15,17,21-22H,2-13,16,18-19H2,1H3,(H2,28,29);1H. The number of carbonyl (C=O) groups is 2. The van der Waals surface area contributed by atoms with Gasteiger partial charge >= 0.3 is 5.97 Å². The first-order valence-corrected chi connectivity index (χ1v) is 13.3. The zero-order valence-electron chi connectivity index (χ0n) is 21.5. The van der Waals surface area contributed by atoms with E-state index in [2.05, 4.69) is 4.99 Å². The molecule has 0 radical (unpaired) electrons. The Balaban J connectivity index is 0.00000361. The summed E-state index contributed by atoms with van der Waals surface area (Å²) in [4.78, 5) is 33.1. The van der Waals surface area contributed by atoms with Crippen LogP contribution in [0.15, 0.2) is 23.2 Å². The average molecular weight is 566 g/mol. The molecule has 1 aromatic rings. The van der Waals surface area contributed by atoms with Crippen molar-refractivity contribution < 1.29 is 19.1 Å². The first-order chi connectivity index (χ1) is 17.0. The molecule has 0 unspecified atom stereocenters. The summed E-state index contributed by atoms with van der Waals surface area (Å²) in [7, 11) is 1.94. The molecule has 2 N–H and O–H groups in total. The van der Waals surface area contributed by atoms with Crippen LogP contribution < -0.4 is 10.5 Å². The van der Waals surface area contributed by atoms with Gasteiger partial charge in [-0.2, -0.15) is 0 Å². The molecule has 2 saturated carbocycles. The normalized spacial score (nSPS) is 18.5. The van der Waals surface area contributed by atoms with Gasteiger partial charge in [0.25, 0.3) is 0 Å². The Labute approximate surface area is 225 Å². The molecule has 0 saturated heterocycles. The number of ether oxygens (including phenoxy) is 2. The van der Waals surface area contributed by atoms with E-state index in [1.165, 1.54) is 25.7 Å². The lowest BCUT2D eigenvalue weighted by molar-refractivity contribution is -0.151. The highest BCUT2D eigenvalue weighted by molar-refractivity contribution is 8.93. The maximum Gasteiger partial charge on any atom is 0.325 e. The number of esters is 1. The van der Waals surface area contributed by atoms with E-state index >= 15 is 0 Å². The third kappa shape index (κ3) is 7.85. The van der Waals surface area contributed by atoms with Gasteiger partial charge in [-0.1, -0.05) is 25.7 Å². The van der Waals surface area contributed by atoms with Crippen molar-refractivity contribution in [3.05, 3.63) is 23.8 Å². The smallest absolute Gasteiger partial charge is 0.325 e. The van der Waals surface area contributed by atoms with Crippen molar-refractivity contribution in [3.8, 4) is 5.75 Å². The third-order valence-electron chi connectivity index (χ3n) is 7.46. The number of aliphatic imine (C=N–C) groups is 1. The number of guanidine groups is 1. The summed E-state index contributed by atoms with van der Waals surface area (Å²) in [6.07, 6.45) is 12.5. The highest BCUT2D eigenvalue weighted by Crippen LogP contribution is 2.30. The van der Waals surface area contributed by atoms with E-state index in [0.717, 1.165) is 55.5 Å². The van der Waals surface area contributed by atoms with E-state index in [1.807, 2.05) is 30.1 Å². The Morgan fingerprint density at radius 1 is 1.08 bits per heavy atom. The zero-order chi connectivity index (χ0) is 24.6. The molecule has 1 aliphatic heterocycles. The Morgan fingerprint density at radius 3 is 2.50 bits per heavy atom. The fraction of sp³-hybridized carbons (Fsp3) is 0.667. The maximum atomic E-state index is 12.5. The monoisotopic (exact) mass is 564 g/mol. The van der Waals surface area contributed by atoms with Crippen molar-refractivity contribution >= 4 is 40.5 Å². The van der Waals surface area contributed by atoms with Crippen LogP contribution in [0, 0.1) is 0 Å². The molecule has 2 aliphatic carbocycles. The van der Waals surface area contributed by atoms with Crippen LogP contribution in [0.3, 0.4) is 0 Å². The van der Waals surface area contributed by atoms with Gasteiger partial charge in [-0.3, -0.25) is 9.59 Å². The summed E-state index contributed by atoms with van der Waals surface area (Å²) in [6, 6.07) is 6.10. The van der Waals surface area contributed by atoms with E-state index < -0.39 is 0 Å². The van der Waals surface area contributed by atoms with Gasteiger partial charge in [0.1, 0.15) is 18.4 Å². The highest BCUT2D eigenvalue weighted by atomic mass is 79.9. The molecule has 0 spiro atoms. The molecule has 0 bridgehead atoms. The number of halogens is 1. The minimum absolute atomic E-state index is 0. The fourth-order valence-corrected chi connectivity index (χ4v) is 5.33.